The van der Waals surface area contributed by atoms with Crippen LogP contribution in [0.15, 0.2) is 10.6 Å². The van der Waals surface area contributed by atoms with Gasteiger partial charge in [-0.15, -0.1) is 0 Å². The Bertz CT molecular complexity index is 135. The van der Waals surface area contributed by atoms with Crippen LogP contribution in [0.1, 0.15) is 13.8 Å². The van der Waals surface area contributed by atoms with Gasteiger partial charge in [0.05, 0.1) is 0 Å². The molecule has 0 fully saturated rings. The molecule has 3 heteroatoms. The van der Waals surface area contributed by atoms with Crippen LogP contribution < -0.4 is 5.73 Å². The van der Waals surface area contributed by atoms with Crippen molar-refractivity contribution >= 4 is 17.5 Å². The van der Waals surface area contributed by atoms with Crippen molar-refractivity contribution in [1.29, 1.82) is 0 Å². The summed E-state index contributed by atoms with van der Waals surface area (Å²) in [4.78, 5) is 10.2. The fourth-order valence-corrected chi connectivity index (χ4v) is 0.246. The van der Waals surface area contributed by atoms with Gasteiger partial charge in [0.2, 0.25) is 0 Å². The van der Waals surface area contributed by atoms with Crippen molar-refractivity contribution in [1.82, 2.24) is 0 Å². The predicted octanol–water partition coefficient (Wildman–Crippen LogP) is 1.00. The van der Waals surface area contributed by atoms with Crippen molar-refractivity contribution < 1.29 is 4.79 Å². The Labute approximate surface area is 53.3 Å². The first-order valence-electron chi connectivity index (χ1n) is 2.18. The van der Waals surface area contributed by atoms with E-state index in [1.54, 1.807) is 13.8 Å². The van der Waals surface area contributed by atoms with Crippen LogP contribution in [0.3, 0.4) is 0 Å². The maximum Gasteiger partial charge on any atom is 0.260 e. The van der Waals surface area contributed by atoms with Gasteiger partial charge in [-0.1, -0.05) is 17.2 Å². The number of carbonyl (C=O) groups is 1. The van der Waals surface area contributed by atoms with Crippen LogP contribution in [0.4, 0.5) is 0 Å². The summed E-state index contributed by atoms with van der Waals surface area (Å²) in [5.41, 5.74) is 5.56. The topological polar surface area (TPSA) is 43.1 Å². The molecule has 2 N–H and O–H groups in total. The summed E-state index contributed by atoms with van der Waals surface area (Å²) in [5.74, 6) is -0.563. The molecule has 46 valence electrons. The molecule has 0 rings (SSSR count). The Morgan fingerprint density at radius 1 is 1.50 bits per heavy atom. The van der Waals surface area contributed by atoms with Gasteiger partial charge in [0, 0.05) is 0 Å². The SMILES string of the molecule is CC(C)=C(Cl)C(N)=O. The van der Waals surface area contributed by atoms with Gasteiger partial charge in [0.1, 0.15) is 5.03 Å². The molecule has 0 heterocycles. The van der Waals surface area contributed by atoms with Crippen LogP contribution in [-0.2, 0) is 4.79 Å². The van der Waals surface area contributed by atoms with Gasteiger partial charge in [0.15, 0.2) is 0 Å². The summed E-state index contributed by atoms with van der Waals surface area (Å²) in [6, 6.07) is 0. The van der Waals surface area contributed by atoms with Crippen LogP contribution in [0.5, 0.6) is 0 Å². The number of rotatable bonds is 1. The molecule has 0 spiro atoms. The highest BCUT2D eigenvalue weighted by atomic mass is 35.5. The first-order chi connectivity index (χ1) is 3.55. The third-order valence-electron chi connectivity index (χ3n) is 0.655. The van der Waals surface area contributed by atoms with Crippen molar-refractivity contribution in [3.63, 3.8) is 0 Å². The zero-order valence-electron chi connectivity index (χ0n) is 4.86. The largest absolute Gasteiger partial charge is 0.365 e. The number of amides is 1. The molecule has 0 aliphatic carbocycles. The molecule has 0 atom stereocenters. The van der Waals surface area contributed by atoms with Crippen LogP contribution in [-0.4, -0.2) is 5.91 Å². The Kier molecular flexibility index (Phi) is 2.55. The lowest BCUT2D eigenvalue weighted by molar-refractivity contribution is -0.114. The van der Waals surface area contributed by atoms with Crippen LogP contribution in [0, 0.1) is 0 Å². The summed E-state index contributed by atoms with van der Waals surface area (Å²) < 4.78 is 0. The van der Waals surface area contributed by atoms with Gasteiger partial charge >= 0.3 is 0 Å². The molecule has 0 saturated carbocycles. The summed E-state index contributed by atoms with van der Waals surface area (Å²) in [7, 11) is 0. The lowest BCUT2D eigenvalue weighted by atomic mass is 10.3. The van der Waals surface area contributed by atoms with E-state index in [0.717, 1.165) is 5.57 Å². The molecule has 0 unspecified atom stereocenters. The van der Waals surface area contributed by atoms with Gasteiger partial charge in [-0.25, -0.2) is 0 Å². The molecule has 8 heavy (non-hydrogen) atoms. The Morgan fingerprint density at radius 3 is 1.88 bits per heavy atom. The third-order valence-corrected chi connectivity index (χ3v) is 1.22. The van der Waals surface area contributed by atoms with E-state index in [9.17, 15) is 4.79 Å². The van der Waals surface area contributed by atoms with E-state index >= 15 is 0 Å². The molecule has 0 saturated heterocycles. The minimum atomic E-state index is -0.563. The Balaban J connectivity index is 4.23. The van der Waals surface area contributed by atoms with E-state index in [1.165, 1.54) is 0 Å². The average molecular weight is 134 g/mol. The van der Waals surface area contributed by atoms with E-state index in [2.05, 4.69) is 0 Å². The second-order valence-electron chi connectivity index (χ2n) is 1.68. The zero-order chi connectivity index (χ0) is 6.73. The molecule has 0 aromatic carbocycles. The van der Waals surface area contributed by atoms with Gasteiger partial charge in [-0.3, -0.25) is 4.79 Å². The van der Waals surface area contributed by atoms with Gasteiger partial charge in [0.25, 0.3) is 5.91 Å². The first-order valence-corrected chi connectivity index (χ1v) is 2.56. The van der Waals surface area contributed by atoms with E-state index < -0.39 is 5.91 Å². The van der Waals surface area contributed by atoms with Crippen molar-refractivity contribution in [2.24, 2.45) is 5.73 Å². The fraction of sp³-hybridized carbons (Fsp3) is 0.400. The van der Waals surface area contributed by atoms with Gasteiger partial charge in [-0.2, -0.15) is 0 Å². The second kappa shape index (κ2) is 2.72. The number of nitrogens with two attached hydrogens (primary N) is 1. The monoisotopic (exact) mass is 133 g/mol. The number of primary amides is 1. The molecular formula is C5H8ClNO. The maximum atomic E-state index is 10.2. The number of hydrogen-bond donors (Lipinski definition) is 1. The van der Waals surface area contributed by atoms with E-state index in [1.807, 2.05) is 0 Å². The van der Waals surface area contributed by atoms with Crippen LogP contribution in [0.2, 0.25) is 0 Å². The molecule has 0 aliphatic rings. The maximum absolute atomic E-state index is 10.2. The molecule has 0 aromatic heterocycles. The molecule has 0 aliphatic heterocycles. The highest BCUT2D eigenvalue weighted by molar-refractivity contribution is 6.42. The Hall–Kier alpha value is -0.500. The Morgan fingerprint density at radius 2 is 1.88 bits per heavy atom. The van der Waals surface area contributed by atoms with Crippen LogP contribution in [0.25, 0.3) is 0 Å². The molecular weight excluding hydrogens is 126 g/mol. The zero-order valence-corrected chi connectivity index (χ0v) is 5.62. The minimum Gasteiger partial charge on any atom is -0.365 e. The van der Waals surface area contributed by atoms with E-state index in [4.69, 9.17) is 17.3 Å². The van der Waals surface area contributed by atoms with Crippen molar-refractivity contribution in [2.75, 3.05) is 0 Å². The fourth-order valence-electron chi connectivity index (χ4n) is 0.246. The number of hydrogen-bond acceptors (Lipinski definition) is 1. The lowest BCUT2D eigenvalue weighted by Crippen LogP contribution is -2.10. The van der Waals surface area contributed by atoms with E-state index in [-0.39, 0.29) is 5.03 Å². The summed E-state index contributed by atoms with van der Waals surface area (Å²) in [6.45, 7) is 3.46. The number of allylic oxidation sites excluding steroid dienone is 1. The van der Waals surface area contributed by atoms with Crippen molar-refractivity contribution in [3.8, 4) is 0 Å². The highest BCUT2D eigenvalue weighted by Gasteiger charge is 1.99. The normalized spacial score (nSPS) is 8.38. The molecule has 0 bridgehead atoms. The van der Waals surface area contributed by atoms with E-state index in [0.29, 0.717) is 0 Å². The quantitative estimate of drug-likeness (QED) is 0.533. The molecule has 1 amide bonds. The average Bonchev–Trinajstić information content (AvgIpc) is 1.64. The van der Waals surface area contributed by atoms with Crippen molar-refractivity contribution in [3.05, 3.63) is 10.6 Å². The minimum absolute atomic E-state index is 0.130. The van der Waals surface area contributed by atoms with Crippen LogP contribution >= 0.6 is 11.6 Å². The van der Waals surface area contributed by atoms with Crippen molar-refractivity contribution in [2.45, 2.75) is 13.8 Å². The summed E-state index contributed by atoms with van der Waals surface area (Å²) >= 11 is 5.36. The number of halogens is 1. The van der Waals surface area contributed by atoms with Gasteiger partial charge in [-0.05, 0) is 13.8 Å². The number of carbonyl (C=O) groups excluding carboxylic acids is 1. The molecule has 0 aromatic rings. The summed E-state index contributed by atoms with van der Waals surface area (Å²) in [5, 5.41) is 0.130. The lowest BCUT2D eigenvalue weighted by Gasteiger charge is -1.91. The smallest absolute Gasteiger partial charge is 0.260 e. The molecule has 2 nitrogen and oxygen atoms in total. The third kappa shape index (κ3) is 1.98. The summed E-state index contributed by atoms with van der Waals surface area (Å²) in [6.07, 6.45) is 0. The standard InChI is InChI=1S/C5H8ClNO/c1-3(2)4(6)5(7)8/h1-2H3,(H2,7,8). The predicted molar refractivity (Wildman–Crippen MR) is 33.4 cm³/mol. The molecule has 0 radical (unpaired) electrons. The van der Waals surface area contributed by atoms with Gasteiger partial charge < -0.3 is 5.73 Å². The highest BCUT2D eigenvalue weighted by Crippen LogP contribution is 2.05. The second-order valence-corrected chi connectivity index (χ2v) is 2.06. The first kappa shape index (κ1) is 7.50.